The van der Waals surface area contributed by atoms with Gasteiger partial charge in [0.1, 0.15) is 18.1 Å². The lowest BCUT2D eigenvalue weighted by Crippen LogP contribution is -2.59. The molecule has 10 nitrogen and oxygen atoms in total. The summed E-state index contributed by atoms with van der Waals surface area (Å²) in [5.41, 5.74) is 4.17. The van der Waals surface area contributed by atoms with E-state index < -0.39 is 20.5 Å². The summed E-state index contributed by atoms with van der Waals surface area (Å²) in [6.45, 7) is 18.7. The molecule has 0 unspecified atom stereocenters. The van der Waals surface area contributed by atoms with Crippen molar-refractivity contribution in [1.82, 2.24) is 4.90 Å². The number of hydrogen-bond acceptors (Lipinski definition) is 8. The van der Waals surface area contributed by atoms with Gasteiger partial charge in [-0.2, -0.15) is 0 Å². The first kappa shape index (κ1) is 39.0. The number of carboxylic acid groups (broad SMARTS) is 1. The summed E-state index contributed by atoms with van der Waals surface area (Å²) >= 11 is 0. The molecule has 0 spiro atoms. The average Bonchev–Trinajstić information content (AvgIpc) is 3.08. The van der Waals surface area contributed by atoms with Gasteiger partial charge in [0.15, 0.2) is 0 Å². The molecular weight excluding hydrogens is 641 g/mol. The Morgan fingerprint density at radius 1 is 0.898 bits per heavy atom. The van der Waals surface area contributed by atoms with Gasteiger partial charge in [-0.25, -0.2) is 4.79 Å². The Bertz CT molecular complexity index is 1290. The van der Waals surface area contributed by atoms with Gasteiger partial charge in [-0.05, 0) is 58.4 Å². The molecule has 1 fully saturated rings. The first-order valence-electron chi connectivity index (χ1n) is 18.0. The Labute approximate surface area is 295 Å². The number of carbonyl (C=O) groups is 1. The summed E-state index contributed by atoms with van der Waals surface area (Å²) in [6, 6.07) is 14.4. The second-order valence-electron chi connectivity index (χ2n) is 14.3. The molecule has 4 rings (SSSR count). The number of fused-ring (bicyclic) bond motifs is 1. The van der Waals surface area contributed by atoms with Crippen LogP contribution in [-0.2, 0) is 25.2 Å². The molecule has 0 aliphatic carbocycles. The smallest absolute Gasteiger partial charge is 0.407 e. The van der Waals surface area contributed by atoms with E-state index in [0.717, 1.165) is 54.2 Å². The minimum atomic E-state index is -2.39. The third-order valence-corrected chi connectivity index (χ3v) is 16.3. The van der Waals surface area contributed by atoms with Crippen molar-refractivity contribution in [2.45, 2.75) is 95.7 Å². The summed E-state index contributed by atoms with van der Waals surface area (Å²) in [5.74, 6) is 1.49. The molecule has 2 aromatic rings. The highest BCUT2D eigenvalue weighted by Gasteiger charge is 2.51. The predicted molar refractivity (Wildman–Crippen MR) is 196 cm³/mol. The van der Waals surface area contributed by atoms with Crippen LogP contribution in [0.1, 0.15) is 71.4 Å². The van der Waals surface area contributed by atoms with Gasteiger partial charge in [-0.15, -0.1) is 0 Å². The Balaban J connectivity index is 1.66. The lowest BCUT2D eigenvalue weighted by Gasteiger charge is -2.50. The van der Waals surface area contributed by atoms with Crippen LogP contribution < -0.4 is 14.4 Å². The number of nitrogens with zero attached hydrogens (tertiary/aromatic N) is 2. The number of benzene rings is 2. The zero-order valence-corrected chi connectivity index (χ0v) is 32.0. The van der Waals surface area contributed by atoms with E-state index >= 15 is 0 Å². The molecule has 0 radical (unpaired) electrons. The third kappa shape index (κ3) is 9.70. The fourth-order valence-electron chi connectivity index (χ4n) is 7.92. The monoisotopic (exact) mass is 700 g/mol. The van der Waals surface area contributed by atoms with Crippen LogP contribution in [0.15, 0.2) is 42.5 Å². The number of anilines is 1. The van der Waals surface area contributed by atoms with Crippen molar-refractivity contribution in [2.75, 3.05) is 71.7 Å². The minimum Gasteiger partial charge on any atom is -0.494 e. The molecule has 1 N–H and O–H groups in total. The average molecular weight is 701 g/mol. The summed E-state index contributed by atoms with van der Waals surface area (Å²) < 4.78 is 36.6. The summed E-state index contributed by atoms with van der Waals surface area (Å²) in [7, 11) is 1.03. The molecule has 0 aromatic heterocycles. The first-order valence-corrected chi connectivity index (χ1v) is 20.1. The number of amides is 1. The fraction of sp³-hybridized carbons (Fsp3) is 0.658. The second kappa shape index (κ2) is 18.4. The molecule has 49 heavy (non-hydrogen) atoms. The van der Waals surface area contributed by atoms with Gasteiger partial charge in [0.25, 0.3) is 0 Å². The van der Waals surface area contributed by atoms with Crippen LogP contribution in [0.25, 0.3) is 0 Å². The zero-order chi connectivity index (χ0) is 35.6. The van der Waals surface area contributed by atoms with Crippen molar-refractivity contribution in [3.05, 3.63) is 53.6 Å². The number of piperidine rings is 1. The van der Waals surface area contributed by atoms with E-state index in [4.69, 9.17) is 28.1 Å². The van der Waals surface area contributed by atoms with Crippen molar-refractivity contribution in [2.24, 2.45) is 0 Å². The van der Waals surface area contributed by atoms with Crippen molar-refractivity contribution in [3.8, 4) is 11.5 Å². The van der Waals surface area contributed by atoms with Gasteiger partial charge in [-0.1, -0.05) is 59.7 Å². The third-order valence-electron chi connectivity index (χ3n) is 10.2. The van der Waals surface area contributed by atoms with Crippen LogP contribution in [0.4, 0.5) is 10.5 Å². The molecule has 1 amide bonds. The van der Waals surface area contributed by atoms with E-state index in [2.05, 4.69) is 64.6 Å². The van der Waals surface area contributed by atoms with Gasteiger partial charge in [-0.3, -0.25) is 0 Å². The number of ether oxygens (including phenoxy) is 5. The zero-order valence-electron chi connectivity index (χ0n) is 31.0. The van der Waals surface area contributed by atoms with Crippen molar-refractivity contribution in [3.63, 3.8) is 0 Å². The van der Waals surface area contributed by atoms with Crippen LogP contribution in [-0.4, -0.2) is 103 Å². The molecule has 2 aromatic carbocycles. The lowest BCUT2D eigenvalue weighted by molar-refractivity contribution is -0.0630. The highest BCUT2D eigenvalue weighted by molar-refractivity contribution is 6.77. The largest absolute Gasteiger partial charge is 0.494 e. The maximum absolute atomic E-state index is 12.6. The van der Waals surface area contributed by atoms with Crippen molar-refractivity contribution < 1.29 is 38.0 Å². The van der Waals surface area contributed by atoms with E-state index in [1.165, 1.54) is 4.90 Å². The van der Waals surface area contributed by atoms with E-state index in [-0.39, 0.29) is 18.6 Å². The van der Waals surface area contributed by atoms with Gasteiger partial charge in [0, 0.05) is 52.9 Å². The van der Waals surface area contributed by atoms with E-state index in [9.17, 15) is 9.90 Å². The molecule has 274 valence electrons. The van der Waals surface area contributed by atoms with Crippen LogP contribution >= 0.6 is 0 Å². The molecule has 2 heterocycles. The number of rotatable bonds is 18. The van der Waals surface area contributed by atoms with E-state index in [0.29, 0.717) is 56.2 Å². The Kier molecular flexibility index (Phi) is 14.6. The summed E-state index contributed by atoms with van der Waals surface area (Å²) in [6.07, 6.45) is -0.00682. The first-order chi connectivity index (χ1) is 23.5. The molecule has 11 heteroatoms. The van der Waals surface area contributed by atoms with Crippen molar-refractivity contribution >= 4 is 20.1 Å². The van der Waals surface area contributed by atoms with Gasteiger partial charge in [0.05, 0.1) is 44.2 Å². The molecule has 2 aliphatic rings. The van der Waals surface area contributed by atoms with Crippen LogP contribution in [0, 0.1) is 0 Å². The number of methoxy groups -OCH3 is 2. The maximum atomic E-state index is 12.6. The quantitative estimate of drug-likeness (QED) is 0.125. The number of likely N-dealkylation sites (tertiary alicyclic amines) is 1. The van der Waals surface area contributed by atoms with Gasteiger partial charge >= 0.3 is 6.09 Å². The van der Waals surface area contributed by atoms with Crippen molar-refractivity contribution in [1.29, 1.82) is 0 Å². The van der Waals surface area contributed by atoms with E-state index in [1.807, 2.05) is 24.3 Å². The summed E-state index contributed by atoms with van der Waals surface area (Å²) in [4.78, 5) is 16.4. The molecule has 0 saturated carbocycles. The normalized spacial score (nSPS) is 19.8. The Hall–Kier alpha value is -2.83. The standard InChI is InChI=1S/C38H60N2O8Si/c1-27(2)49(28(3)4,29(5)6)48-36-25-40(38(41)42)24-35(37(36)31-12-14-32(15-13-31)45-21-10-20-44-8)47-26-30-11-16-34-33(23-30)39(18-22-46-34)17-9-19-43-7/h11-16,23,27-29,35-37H,9-10,17-22,24-26H2,1-8H3,(H,41,42)/t35-,36+,37+/m0/s1. The molecule has 3 atom stereocenters. The van der Waals surface area contributed by atoms with Crippen LogP contribution in [0.5, 0.6) is 11.5 Å². The second-order valence-corrected chi connectivity index (χ2v) is 19.7. The van der Waals surface area contributed by atoms with E-state index in [1.54, 1.807) is 14.2 Å². The molecule has 1 saturated heterocycles. The van der Waals surface area contributed by atoms with Crippen LogP contribution in [0.2, 0.25) is 16.6 Å². The van der Waals surface area contributed by atoms with Crippen LogP contribution in [0.3, 0.4) is 0 Å². The summed E-state index contributed by atoms with van der Waals surface area (Å²) in [5, 5.41) is 10.3. The highest BCUT2D eigenvalue weighted by atomic mass is 28.4. The maximum Gasteiger partial charge on any atom is 0.407 e. The van der Waals surface area contributed by atoms with Gasteiger partial charge in [0.2, 0.25) is 8.32 Å². The SMILES string of the molecule is COCCCOc1ccc([C@@H]2[C@@H](OCc3ccc4c(c3)N(CCCOC)CCO4)CN(C(=O)O)C[C@H]2O[Si](C(C)C)(C(C)C)C(C)C)cc1. The highest BCUT2D eigenvalue weighted by Crippen LogP contribution is 2.46. The molecule has 0 bridgehead atoms. The Morgan fingerprint density at radius 2 is 1.55 bits per heavy atom. The topological polar surface area (TPSA) is 99.2 Å². The molecular formula is C38H60N2O8Si. The van der Waals surface area contributed by atoms with Gasteiger partial charge < -0.3 is 43.0 Å². The lowest BCUT2D eigenvalue weighted by atomic mass is 9.84. The minimum absolute atomic E-state index is 0.173. The number of hydrogen-bond donors (Lipinski definition) is 1. The Morgan fingerprint density at radius 3 is 2.18 bits per heavy atom. The molecule has 2 aliphatic heterocycles. The fourth-order valence-corrected chi connectivity index (χ4v) is 13.5. The predicted octanol–water partition coefficient (Wildman–Crippen LogP) is 7.56.